The van der Waals surface area contributed by atoms with Gasteiger partial charge in [-0.2, -0.15) is 0 Å². The summed E-state index contributed by atoms with van der Waals surface area (Å²) in [6.45, 7) is 2.79. The average molecular weight is 443 g/mol. The van der Waals surface area contributed by atoms with Gasteiger partial charge in [-0.15, -0.1) is 0 Å². The molecular formula is C26H21NO6. The summed E-state index contributed by atoms with van der Waals surface area (Å²) < 4.78 is 21.8. The molecule has 1 aliphatic heterocycles. The first-order chi connectivity index (χ1) is 16.0. The van der Waals surface area contributed by atoms with Gasteiger partial charge in [0.15, 0.2) is 11.5 Å². The molecule has 0 aliphatic carbocycles. The second-order valence-corrected chi connectivity index (χ2v) is 7.76. The number of ether oxygens (including phenoxy) is 3. The lowest BCUT2D eigenvalue weighted by molar-refractivity contribution is 0.0950. The van der Waals surface area contributed by atoms with Crippen LogP contribution in [0.2, 0.25) is 0 Å². The molecule has 0 saturated carbocycles. The van der Waals surface area contributed by atoms with Gasteiger partial charge < -0.3 is 23.9 Å². The molecule has 0 fully saturated rings. The maximum absolute atomic E-state index is 12.5. The second-order valence-electron chi connectivity index (χ2n) is 7.76. The van der Waals surface area contributed by atoms with Crippen molar-refractivity contribution >= 4 is 16.9 Å². The maximum Gasteiger partial charge on any atom is 0.336 e. The van der Waals surface area contributed by atoms with Crippen LogP contribution in [-0.4, -0.2) is 12.7 Å². The Morgan fingerprint density at radius 1 is 0.939 bits per heavy atom. The van der Waals surface area contributed by atoms with Crippen LogP contribution >= 0.6 is 0 Å². The molecular weight excluding hydrogens is 422 g/mol. The van der Waals surface area contributed by atoms with Gasteiger partial charge in [0.25, 0.3) is 5.91 Å². The topological polar surface area (TPSA) is 87.0 Å². The fourth-order valence-corrected chi connectivity index (χ4v) is 3.65. The van der Waals surface area contributed by atoms with Gasteiger partial charge >= 0.3 is 5.63 Å². The van der Waals surface area contributed by atoms with E-state index < -0.39 is 0 Å². The zero-order chi connectivity index (χ0) is 22.8. The van der Waals surface area contributed by atoms with Crippen molar-refractivity contribution in [1.29, 1.82) is 0 Å². The monoisotopic (exact) mass is 443 g/mol. The van der Waals surface area contributed by atoms with E-state index in [0.29, 0.717) is 41.5 Å². The van der Waals surface area contributed by atoms with Crippen molar-refractivity contribution in [1.82, 2.24) is 5.32 Å². The Hall–Kier alpha value is -4.26. The molecule has 2 heterocycles. The van der Waals surface area contributed by atoms with Gasteiger partial charge in [-0.1, -0.05) is 18.2 Å². The van der Waals surface area contributed by atoms with E-state index in [4.69, 9.17) is 18.6 Å². The zero-order valence-corrected chi connectivity index (χ0v) is 17.9. The third-order valence-electron chi connectivity index (χ3n) is 5.43. The Labute approximate surface area is 189 Å². The number of hydrogen-bond donors (Lipinski definition) is 1. The van der Waals surface area contributed by atoms with E-state index in [-0.39, 0.29) is 18.3 Å². The van der Waals surface area contributed by atoms with Crippen molar-refractivity contribution in [2.75, 3.05) is 6.79 Å². The van der Waals surface area contributed by atoms with E-state index in [2.05, 4.69) is 5.32 Å². The molecule has 0 radical (unpaired) electrons. The highest BCUT2D eigenvalue weighted by Gasteiger charge is 2.14. The van der Waals surface area contributed by atoms with Crippen LogP contribution in [-0.2, 0) is 13.2 Å². The number of benzene rings is 3. The number of carbonyl (C=O) groups is 1. The van der Waals surface area contributed by atoms with Crippen LogP contribution in [0.25, 0.3) is 11.0 Å². The zero-order valence-electron chi connectivity index (χ0n) is 17.9. The number of amides is 1. The van der Waals surface area contributed by atoms with E-state index in [1.807, 2.05) is 49.4 Å². The molecule has 0 atom stereocenters. The van der Waals surface area contributed by atoms with Crippen LogP contribution in [0.3, 0.4) is 0 Å². The Morgan fingerprint density at radius 2 is 1.73 bits per heavy atom. The summed E-state index contributed by atoms with van der Waals surface area (Å²) >= 11 is 0. The summed E-state index contributed by atoms with van der Waals surface area (Å²) in [7, 11) is 0. The van der Waals surface area contributed by atoms with E-state index in [1.165, 1.54) is 6.07 Å². The van der Waals surface area contributed by atoms with Crippen LogP contribution in [0, 0.1) is 6.92 Å². The highest BCUT2D eigenvalue weighted by Crippen LogP contribution is 2.32. The lowest BCUT2D eigenvalue weighted by Crippen LogP contribution is -2.22. The van der Waals surface area contributed by atoms with Crippen molar-refractivity contribution in [3.8, 4) is 17.2 Å². The molecule has 1 N–H and O–H groups in total. The summed E-state index contributed by atoms with van der Waals surface area (Å²) in [5, 5.41) is 3.78. The Balaban J connectivity index is 1.18. The minimum absolute atomic E-state index is 0.167. The van der Waals surface area contributed by atoms with E-state index >= 15 is 0 Å². The van der Waals surface area contributed by atoms with E-state index in [0.717, 1.165) is 22.1 Å². The van der Waals surface area contributed by atoms with Crippen LogP contribution < -0.4 is 25.2 Å². The highest BCUT2D eigenvalue weighted by atomic mass is 16.7. The smallest absolute Gasteiger partial charge is 0.336 e. The van der Waals surface area contributed by atoms with Crippen molar-refractivity contribution < 1.29 is 23.4 Å². The normalized spacial score (nSPS) is 12.0. The second kappa shape index (κ2) is 8.70. The summed E-state index contributed by atoms with van der Waals surface area (Å²) in [6.07, 6.45) is 0. The molecule has 4 aromatic rings. The molecule has 0 spiro atoms. The van der Waals surface area contributed by atoms with E-state index in [9.17, 15) is 9.59 Å². The SMILES string of the molecule is Cc1cc(=O)oc2cc(OCc3ccc(C(=O)NCc4ccc5c(c4)OCO5)cc3)ccc12. The molecule has 7 nitrogen and oxygen atoms in total. The summed E-state index contributed by atoms with van der Waals surface area (Å²) in [5.41, 5.74) is 3.37. The summed E-state index contributed by atoms with van der Waals surface area (Å²) in [5.74, 6) is 1.84. The first kappa shape index (κ1) is 20.6. The fraction of sp³-hybridized carbons (Fsp3) is 0.154. The summed E-state index contributed by atoms with van der Waals surface area (Å²) in [4.78, 5) is 24.1. The van der Waals surface area contributed by atoms with Gasteiger partial charge in [-0.05, 0) is 60.0 Å². The van der Waals surface area contributed by atoms with Gasteiger partial charge in [0.05, 0.1) is 0 Å². The first-order valence-corrected chi connectivity index (χ1v) is 10.5. The largest absolute Gasteiger partial charge is 0.489 e. The molecule has 0 unspecified atom stereocenters. The number of rotatable bonds is 6. The fourth-order valence-electron chi connectivity index (χ4n) is 3.65. The molecule has 7 heteroatoms. The Bertz CT molecular complexity index is 1390. The highest BCUT2D eigenvalue weighted by molar-refractivity contribution is 5.94. The van der Waals surface area contributed by atoms with Crippen LogP contribution in [0.1, 0.15) is 27.0 Å². The number of aryl methyl sites for hydroxylation is 1. The molecule has 1 amide bonds. The average Bonchev–Trinajstić information content (AvgIpc) is 3.29. The minimum Gasteiger partial charge on any atom is -0.489 e. The van der Waals surface area contributed by atoms with Crippen molar-refractivity contribution in [2.24, 2.45) is 0 Å². The van der Waals surface area contributed by atoms with Gasteiger partial charge in [-0.25, -0.2) is 4.79 Å². The number of nitrogens with one attached hydrogen (secondary N) is 1. The Kier molecular flexibility index (Phi) is 5.44. The number of carbonyl (C=O) groups excluding carboxylic acids is 1. The lowest BCUT2D eigenvalue weighted by atomic mass is 10.1. The van der Waals surface area contributed by atoms with Crippen molar-refractivity contribution in [3.63, 3.8) is 0 Å². The molecule has 166 valence electrons. The van der Waals surface area contributed by atoms with Gasteiger partial charge in [-0.3, -0.25) is 4.79 Å². The predicted molar refractivity (Wildman–Crippen MR) is 122 cm³/mol. The van der Waals surface area contributed by atoms with Crippen molar-refractivity contribution in [3.05, 3.63) is 99.4 Å². The third kappa shape index (κ3) is 4.52. The first-order valence-electron chi connectivity index (χ1n) is 10.5. The van der Waals surface area contributed by atoms with Crippen LogP contribution in [0.4, 0.5) is 0 Å². The molecule has 1 aliphatic rings. The molecule has 3 aromatic carbocycles. The molecule has 33 heavy (non-hydrogen) atoms. The molecule has 0 saturated heterocycles. The van der Waals surface area contributed by atoms with Crippen molar-refractivity contribution in [2.45, 2.75) is 20.1 Å². The Morgan fingerprint density at radius 3 is 2.58 bits per heavy atom. The number of fused-ring (bicyclic) bond motifs is 2. The van der Waals surface area contributed by atoms with Gasteiger partial charge in [0, 0.05) is 29.6 Å². The maximum atomic E-state index is 12.5. The molecule has 1 aromatic heterocycles. The van der Waals surface area contributed by atoms with Crippen LogP contribution in [0.5, 0.6) is 17.2 Å². The lowest BCUT2D eigenvalue weighted by Gasteiger charge is -2.09. The number of hydrogen-bond acceptors (Lipinski definition) is 6. The quantitative estimate of drug-likeness (QED) is 0.446. The minimum atomic E-state index is -0.385. The van der Waals surface area contributed by atoms with Crippen LogP contribution in [0.15, 0.2) is 75.9 Å². The van der Waals surface area contributed by atoms with Gasteiger partial charge in [0.1, 0.15) is 17.9 Å². The van der Waals surface area contributed by atoms with Gasteiger partial charge in [0.2, 0.25) is 6.79 Å². The third-order valence-corrected chi connectivity index (χ3v) is 5.43. The molecule has 0 bridgehead atoms. The predicted octanol–water partition coefficient (Wildman–Crippen LogP) is 4.34. The summed E-state index contributed by atoms with van der Waals surface area (Å²) in [6, 6.07) is 19.7. The molecule has 5 rings (SSSR count). The standard InChI is InChI=1S/C26H21NO6/c1-16-10-25(28)33-23-12-20(7-8-21(16)23)30-14-17-2-5-19(6-3-17)26(29)27-13-18-4-9-22-24(11-18)32-15-31-22/h2-12H,13-15H2,1H3,(H,27,29). The van der Waals surface area contributed by atoms with E-state index in [1.54, 1.807) is 18.2 Å².